The lowest BCUT2D eigenvalue weighted by Gasteiger charge is -2.24. The third-order valence-electron chi connectivity index (χ3n) is 3.39. The zero-order valence-electron chi connectivity index (χ0n) is 10.3. The van der Waals surface area contributed by atoms with Gasteiger partial charge in [0.25, 0.3) is 0 Å². The fourth-order valence-electron chi connectivity index (χ4n) is 2.57. The highest BCUT2D eigenvalue weighted by Crippen LogP contribution is 2.26. The number of allylic oxidation sites excluding steroid dienone is 1. The fraction of sp³-hybridized carbons (Fsp3) is 0.467. The van der Waals surface area contributed by atoms with E-state index >= 15 is 0 Å². The fourth-order valence-corrected chi connectivity index (χ4v) is 2.57. The summed E-state index contributed by atoms with van der Waals surface area (Å²) in [5, 5.41) is 3.49. The number of hydrogen-bond donors (Lipinski definition) is 1. The zero-order valence-corrected chi connectivity index (χ0v) is 10.3. The summed E-state index contributed by atoms with van der Waals surface area (Å²) in [5.41, 5.74) is 4.28. The van der Waals surface area contributed by atoms with Crippen LogP contribution in [0.15, 0.2) is 24.3 Å². The number of nitrogens with one attached hydrogen (secondary N) is 1. The molecule has 1 aliphatic rings. The lowest BCUT2D eigenvalue weighted by molar-refractivity contribution is 0.460. The number of rotatable bonds is 2. The van der Waals surface area contributed by atoms with Gasteiger partial charge < -0.3 is 5.32 Å². The molecule has 0 radical (unpaired) electrons. The van der Waals surface area contributed by atoms with E-state index in [0.29, 0.717) is 5.92 Å². The van der Waals surface area contributed by atoms with Gasteiger partial charge in [-0.2, -0.15) is 0 Å². The summed E-state index contributed by atoms with van der Waals surface area (Å²) in [6.07, 6.45) is 6.89. The maximum absolute atomic E-state index is 3.49. The molecule has 0 aliphatic carbocycles. The molecule has 2 rings (SSSR count). The summed E-state index contributed by atoms with van der Waals surface area (Å²) >= 11 is 0. The van der Waals surface area contributed by atoms with Crippen LogP contribution in [0.1, 0.15) is 42.4 Å². The average Bonchev–Trinajstić information content (AvgIpc) is 2.31. The van der Waals surface area contributed by atoms with E-state index in [1.54, 1.807) is 0 Å². The molecule has 1 aromatic carbocycles. The van der Waals surface area contributed by atoms with E-state index in [1.807, 2.05) is 0 Å². The van der Waals surface area contributed by atoms with Crippen LogP contribution < -0.4 is 5.32 Å². The highest BCUT2D eigenvalue weighted by atomic mass is 14.9. The quantitative estimate of drug-likeness (QED) is 0.796. The van der Waals surface area contributed by atoms with Crippen LogP contribution in [-0.2, 0) is 0 Å². The molecule has 1 fully saturated rings. The van der Waals surface area contributed by atoms with Gasteiger partial charge in [0.05, 0.1) is 0 Å². The van der Waals surface area contributed by atoms with Gasteiger partial charge in [0.1, 0.15) is 0 Å². The molecule has 1 saturated heterocycles. The zero-order chi connectivity index (χ0) is 11.4. The van der Waals surface area contributed by atoms with Crippen LogP contribution in [0.2, 0.25) is 0 Å². The van der Waals surface area contributed by atoms with Crippen molar-refractivity contribution in [2.24, 2.45) is 0 Å². The van der Waals surface area contributed by atoms with Crippen molar-refractivity contribution in [2.75, 3.05) is 13.1 Å². The van der Waals surface area contributed by atoms with Gasteiger partial charge in [-0.3, -0.25) is 0 Å². The van der Waals surface area contributed by atoms with E-state index in [1.165, 1.54) is 36.1 Å². The molecule has 1 aromatic rings. The summed E-state index contributed by atoms with van der Waals surface area (Å²) in [6, 6.07) is 6.84. The second kappa shape index (κ2) is 5.31. The predicted molar refractivity (Wildman–Crippen MR) is 70.7 cm³/mol. The number of piperidine rings is 1. The number of benzene rings is 1. The van der Waals surface area contributed by atoms with Crippen LogP contribution >= 0.6 is 0 Å². The monoisotopic (exact) mass is 215 g/mol. The van der Waals surface area contributed by atoms with Gasteiger partial charge in [-0.25, -0.2) is 0 Å². The SMILES string of the molecule is C/C=C/c1ccc([C@@H]2CCCNC2)c(C)c1. The van der Waals surface area contributed by atoms with Crippen molar-refractivity contribution in [3.05, 3.63) is 41.0 Å². The van der Waals surface area contributed by atoms with E-state index < -0.39 is 0 Å². The molecule has 0 spiro atoms. The highest BCUT2D eigenvalue weighted by molar-refractivity contribution is 5.51. The largest absolute Gasteiger partial charge is 0.316 e. The Hall–Kier alpha value is -1.08. The Morgan fingerprint density at radius 2 is 2.25 bits per heavy atom. The van der Waals surface area contributed by atoms with E-state index in [-0.39, 0.29) is 0 Å². The van der Waals surface area contributed by atoms with Crippen molar-refractivity contribution >= 4 is 6.08 Å². The predicted octanol–water partition coefficient (Wildman–Crippen LogP) is 3.50. The Morgan fingerprint density at radius 1 is 1.38 bits per heavy atom. The van der Waals surface area contributed by atoms with Crippen LogP contribution in [0.3, 0.4) is 0 Å². The molecule has 1 heteroatoms. The van der Waals surface area contributed by atoms with Crippen LogP contribution in [0.5, 0.6) is 0 Å². The Labute approximate surface area is 98.6 Å². The van der Waals surface area contributed by atoms with Crippen molar-refractivity contribution in [3.8, 4) is 0 Å². The maximum Gasteiger partial charge on any atom is 0.00202 e. The number of hydrogen-bond acceptors (Lipinski definition) is 1. The minimum absolute atomic E-state index is 0.716. The van der Waals surface area contributed by atoms with Gasteiger partial charge in [-0.1, -0.05) is 30.4 Å². The van der Waals surface area contributed by atoms with Gasteiger partial charge in [0, 0.05) is 6.54 Å². The first-order chi connectivity index (χ1) is 7.81. The standard InChI is InChI=1S/C15H21N/c1-3-5-13-7-8-15(12(2)10-13)14-6-4-9-16-11-14/h3,5,7-8,10,14,16H,4,6,9,11H2,1-2H3/b5-3+/t14-/m1/s1. The molecule has 0 saturated carbocycles. The molecule has 0 aromatic heterocycles. The molecule has 1 nitrogen and oxygen atoms in total. The molecule has 0 unspecified atom stereocenters. The Kier molecular flexibility index (Phi) is 3.79. The Bertz CT molecular complexity index is 373. The minimum Gasteiger partial charge on any atom is -0.316 e. The van der Waals surface area contributed by atoms with Crippen LogP contribution in [0, 0.1) is 6.92 Å². The highest BCUT2D eigenvalue weighted by Gasteiger charge is 2.16. The summed E-state index contributed by atoms with van der Waals surface area (Å²) in [4.78, 5) is 0. The molecular weight excluding hydrogens is 194 g/mol. The van der Waals surface area contributed by atoms with Crippen molar-refractivity contribution in [3.63, 3.8) is 0 Å². The van der Waals surface area contributed by atoms with E-state index in [0.717, 1.165) is 6.54 Å². The second-order valence-corrected chi connectivity index (χ2v) is 4.66. The van der Waals surface area contributed by atoms with E-state index in [4.69, 9.17) is 0 Å². The molecule has 1 atom stereocenters. The van der Waals surface area contributed by atoms with Gasteiger partial charge >= 0.3 is 0 Å². The summed E-state index contributed by atoms with van der Waals surface area (Å²) in [5.74, 6) is 0.716. The topological polar surface area (TPSA) is 12.0 Å². The average molecular weight is 215 g/mol. The van der Waals surface area contributed by atoms with Gasteiger partial charge in [0.2, 0.25) is 0 Å². The molecule has 0 bridgehead atoms. The molecule has 86 valence electrons. The lowest BCUT2D eigenvalue weighted by atomic mass is 9.88. The third kappa shape index (κ3) is 2.53. The third-order valence-corrected chi connectivity index (χ3v) is 3.39. The molecular formula is C15H21N. The van der Waals surface area contributed by atoms with Crippen molar-refractivity contribution in [1.82, 2.24) is 5.32 Å². The normalized spacial score (nSPS) is 21.5. The first-order valence-electron chi connectivity index (χ1n) is 6.25. The minimum atomic E-state index is 0.716. The van der Waals surface area contributed by atoms with Crippen molar-refractivity contribution in [2.45, 2.75) is 32.6 Å². The first kappa shape index (κ1) is 11.4. The van der Waals surface area contributed by atoms with E-state index in [9.17, 15) is 0 Å². The molecule has 0 amide bonds. The van der Waals surface area contributed by atoms with Gasteiger partial charge in [-0.05, 0) is 55.8 Å². The van der Waals surface area contributed by atoms with Crippen LogP contribution in [0.4, 0.5) is 0 Å². The number of aryl methyl sites for hydroxylation is 1. The van der Waals surface area contributed by atoms with Gasteiger partial charge in [-0.15, -0.1) is 0 Å². The van der Waals surface area contributed by atoms with Crippen molar-refractivity contribution in [1.29, 1.82) is 0 Å². The van der Waals surface area contributed by atoms with E-state index in [2.05, 4.69) is 49.5 Å². The molecule has 1 heterocycles. The lowest BCUT2D eigenvalue weighted by Crippen LogP contribution is -2.28. The molecule has 1 aliphatic heterocycles. The maximum atomic E-state index is 3.49. The summed E-state index contributed by atoms with van der Waals surface area (Å²) in [7, 11) is 0. The summed E-state index contributed by atoms with van der Waals surface area (Å²) in [6.45, 7) is 6.63. The Balaban J connectivity index is 2.21. The van der Waals surface area contributed by atoms with Crippen LogP contribution in [-0.4, -0.2) is 13.1 Å². The summed E-state index contributed by atoms with van der Waals surface area (Å²) < 4.78 is 0. The second-order valence-electron chi connectivity index (χ2n) is 4.66. The van der Waals surface area contributed by atoms with Crippen molar-refractivity contribution < 1.29 is 0 Å². The van der Waals surface area contributed by atoms with Gasteiger partial charge in [0.15, 0.2) is 0 Å². The smallest absolute Gasteiger partial charge is 0.00202 e. The first-order valence-corrected chi connectivity index (χ1v) is 6.25. The molecule has 16 heavy (non-hydrogen) atoms. The Morgan fingerprint density at radius 3 is 2.88 bits per heavy atom. The molecule has 1 N–H and O–H groups in total. The van der Waals surface area contributed by atoms with Crippen LogP contribution in [0.25, 0.3) is 6.08 Å².